The van der Waals surface area contributed by atoms with Crippen LogP contribution >= 0.6 is 0 Å². The summed E-state index contributed by atoms with van der Waals surface area (Å²) in [4.78, 5) is 12.1. The van der Waals surface area contributed by atoms with E-state index in [4.69, 9.17) is 9.47 Å². The van der Waals surface area contributed by atoms with Crippen molar-refractivity contribution in [1.82, 2.24) is 0 Å². The van der Waals surface area contributed by atoms with Crippen molar-refractivity contribution in [3.63, 3.8) is 0 Å². The molecule has 0 aliphatic rings. The maximum absolute atomic E-state index is 12.5. The monoisotopic (exact) mass is 430 g/mol. The van der Waals surface area contributed by atoms with Crippen LogP contribution in [0.2, 0.25) is 0 Å². The van der Waals surface area contributed by atoms with E-state index in [1.54, 1.807) is 36.4 Å². The molecule has 3 rings (SSSR count). The molecule has 0 bridgehead atoms. The predicted octanol–water partition coefficient (Wildman–Crippen LogP) is 5.55. The molecule has 0 aliphatic heterocycles. The lowest BCUT2D eigenvalue weighted by atomic mass is 10.0. The zero-order valence-corrected chi connectivity index (χ0v) is 16.1. The van der Waals surface area contributed by atoms with Gasteiger partial charge < -0.3 is 9.47 Å². The number of rotatable bonds is 6. The van der Waals surface area contributed by atoms with E-state index in [2.05, 4.69) is 0 Å². The highest BCUT2D eigenvalue weighted by Crippen LogP contribution is 2.32. The zero-order valence-electron chi connectivity index (χ0n) is 15.2. The number of ether oxygens (including phenoxy) is 2. The average molecular weight is 431 g/mol. The highest BCUT2D eigenvalue weighted by molar-refractivity contribution is 7.86. The van der Waals surface area contributed by atoms with Gasteiger partial charge in [0.25, 0.3) is 10.1 Å². The summed E-state index contributed by atoms with van der Waals surface area (Å²) in [6.07, 6.45) is 0. The summed E-state index contributed by atoms with van der Waals surface area (Å²) in [5, 5.41) is 0. The molecule has 0 saturated carbocycles. The van der Waals surface area contributed by atoms with Gasteiger partial charge in [0.2, 0.25) is 0 Å². The van der Waals surface area contributed by atoms with Crippen molar-refractivity contribution in [2.24, 2.45) is 0 Å². The van der Waals surface area contributed by atoms with Crippen molar-refractivity contribution in [1.29, 1.82) is 0 Å². The fourth-order valence-corrected chi connectivity index (χ4v) is 3.20. The summed E-state index contributed by atoms with van der Waals surface area (Å²) in [6.45, 7) is 1.94. The summed E-state index contributed by atoms with van der Waals surface area (Å²) >= 11 is 0. The summed E-state index contributed by atoms with van der Waals surface area (Å²) < 4.78 is 43.2. The maximum Gasteiger partial charge on any atom is 0.298 e. The minimum Gasteiger partial charge on any atom is -0.497 e. The van der Waals surface area contributed by atoms with Gasteiger partial charge in [-0.3, -0.25) is 9.35 Å². The number of methoxy groups -OCH3 is 1. The van der Waals surface area contributed by atoms with Gasteiger partial charge in [-0.25, -0.2) is 0 Å². The van der Waals surface area contributed by atoms with Gasteiger partial charge in [-0.05, 0) is 43.3 Å². The summed E-state index contributed by atoms with van der Waals surface area (Å²) in [6, 6.07) is 17.6. The maximum atomic E-state index is 12.5. The highest BCUT2D eigenvalue weighted by atomic mass is 32.2. The molecule has 0 saturated heterocycles. The van der Waals surface area contributed by atoms with E-state index in [-0.39, 0.29) is 32.1 Å². The van der Waals surface area contributed by atoms with E-state index in [1.807, 2.05) is 19.1 Å². The molecular weight excluding hydrogens is 404 g/mol. The Balaban J connectivity index is 0.00000225. The largest absolute Gasteiger partial charge is 0.497 e. The first-order chi connectivity index (χ1) is 13.3. The quantitative estimate of drug-likeness (QED) is 0.408. The van der Waals surface area contributed by atoms with Crippen molar-refractivity contribution < 1.29 is 27.2 Å². The van der Waals surface area contributed by atoms with Gasteiger partial charge in [-0.1, -0.05) is 44.7 Å². The normalized spacial score (nSPS) is 10.4. The van der Waals surface area contributed by atoms with Crippen LogP contribution in [0.5, 0.6) is 17.2 Å². The minimum atomic E-state index is -4.51. The summed E-state index contributed by atoms with van der Waals surface area (Å²) in [5.74, 6) is 0.394. The molecular formula is C23H26O6S. The number of benzene rings is 3. The Morgan fingerprint density at radius 1 is 0.833 bits per heavy atom. The lowest BCUT2D eigenvalue weighted by Gasteiger charge is -2.11. The minimum absolute atomic E-state index is 0. The van der Waals surface area contributed by atoms with E-state index < -0.39 is 15.0 Å². The molecule has 0 radical (unpaired) electrons. The van der Waals surface area contributed by atoms with Crippen LogP contribution in [0.15, 0.2) is 71.6 Å². The first kappa shape index (κ1) is 24.9. The first-order valence-electron chi connectivity index (χ1n) is 8.33. The fraction of sp³-hybridized carbons (Fsp3) is 0.174. The standard InChI is InChI=1S/C21H18O6S.2CH4/c1-14-3-5-15(6-4-14)21(22)16-7-9-17(10-8-16)27-19-12-11-18(26-2)13-20(19)28(23,24)25;;/h3-13H,1-2H3,(H,23,24,25);2*1H4. The molecule has 0 heterocycles. The number of ketones is 1. The van der Waals surface area contributed by atoms with Gasteiger partial charge in [0.15, 0.2) is 5.78 Å². The molecule has 0 amide bonds. The molecule has 1 N–H and O–H groups in total. The number of carbonyl (C=O) groups excluding carboxylic acids is 1. The molecule has 3 aromatic carbocycles. The van der Waals surface area contributed by atoms with Crippen LogP contribution in [0.3, 0.4) is 0 Å². The molecule has 0 aromatic heterocycles. The SMILES string of the molecule is C.C.COc1ccc(Oc2ccc(C(=O)c3ccc(C)cc3)cc2)c(S(=O)(=O)O)c1. The molecule has 6 nitrogen and oxygen atoms in total. The van der Waals surface area contributed by atoms with E-state index in [9.17, 15) is 17.8 Å². The van der Waals surface area contributed by atoms with Crippen LogP contribution in [0.25, 0.3) is 0 Å². The predicted molar refractivity (Wildman–Crippen MR) is 117 cm³/mol. The smallest absolute Gasteiger partial charge is 0.298 e. The van der Waals surface area contributed by atoms with E-state index >= 15 is 0 Å². The lowest BCUT2D eigenvalue weighted by molar-refractivity contribution is 0.103. The molecule has 0 fully saturated rings. The van der Waals surface area contributed by atoms with E-state index in [0.717, 1.165) is 5.56 Å². The third kappa shape index (κ3) is 5.68. The molecule has 3 aromatic rings. The van der Waals surface area contributed by atoms with Crippen molar-refractivity contribution in [2.45, 2.75) is 26.7 Å². The van der Waals surface area contributed by atoms with Crippen LogP contribution in [0.1, 0.15) is 36.3 Å². The lowest BCUT2D eigenvalue weighted by Crippen LogP contribution is -2.03. The molecule has 7 heteroatoms. The van der Waals surface area contributed by atoms with Crippen molar-refractivity contribution in [2.75, 3.05) is 7.11 Å². The molecule has 30 heavy (non-hydrogen) atoms. The zero-order chi connectivity index (χ0) is 20.3. The van der Waals surface area contributed by atoms with Crippen LogP contribution in [0.4, 0.5) is 0 Å². The van der Waals surface area contributed by atoms with Crippen molar-refractivity contribution >= 4 is 15.9 Å². The van der Waals surface area contributed by atoms with Crippen molar-refractivity contribution in [3.8, 4) is 17.2 Å². The van der Waals surface area contributed by atoms with Crippen molar-refractivity contribution in [3.05, 3.63) is 83.4 Å². The number of aryl methyl sites for hydroxylation is 1. The molecule has 0 aliphatic carbocycles. The number of hydrogen-bond acceptors (Lipinski definition) is 5. The fourth-order valence-electron chi connectivity index (χ4n) is 2.57. The van der Waals surface area contributed by atoms with Crippen LogP contribution < -0.4 is 9.47 Å². The van der Waals surface area contributed by atoms with Gasteiger partial charge >= 0.3 is 0 Å². The molecule has 160 valence electrons. The molecule has 0 atom stereocenters. The highest BCUT2D eigenvalue weighted by Gasteiger charge is 2.19. The topological polar surface area (TPSA) is 89.9 Å². The third-order valence-corrected chi connectivity index (χ3v) is 4.96. The van der Waals surface area contributed by atoms with Crippen LogP contribution in [-0.4, -0.2) is 25.9 Å². The van der Waals surface area contributed by atoms with Gasteiger partial charge in [0.1, 0.15) is 22.1 Å². The van der Waals surface area contributed by atoms with Gasteiger partial charge in [-0.15, -0.1) is 0 Å². The Bertz CT molecular complexity index is 1100. The Kier molecular flexibility index (Phi) is 8.33. The van der Waals surface area contributed by atoms with Gasteiger partial charge in [-0.2, -0.15) is 8.42 Å². The molecule has 0 unspecified atom stereocenters. The number of hydrogen-bond donors (Lipinski definition) is 1. The second-order valence-corrected chi connectivity index (χ2v) is 7.50. The van der Waals surface area contributed by atoms with Gasteiger partial charge in [0, 0.05) is 17.2 Å². The summed E-state index contributed by atoms with van der Waals surface area (Å²) in [5.41, 5.74) is 2.11. The number of carbonyl (C=O) groups is 1. The first-order valence-corrected chi connectivity index (χ1v) is 9.77. The Morgan fingerprint density at radius 2 is 1.33 bits per heavy atom. The Hall–Kier alpha value is -3.16. The second kappa shape index (κ2) is 10.0. The summed E-state index contributed by atoms with van der Waals surface area (Å²) in [7, 11) is -3.12. The average Bonchev–Trinajstić information content (AvgIpc) is 2.68. The third-order valence-electron chi connectivity index (χ3n) is 4.09. The Labute approximate surface area is 177 Å². The van der Waals surface area contributed by atoms with E-state index in [1.165, 1.54) is 25.3 Å². The molecule has 0 spiro atoms. The van der Waals surface area contributed by atoms with E-state index in [0.29, 0.717) is 16.9 Å². The van der Waals surface area contributed by atoms with Gasteiger partial charge in [0.05, 0.1) is 7.11 Å². The second-order valence-electron chi connectivity index (χ2n) is 6.11. The van der Waals surface area contributed by atoms with Crippen LogP contribution in [-0.2, 0) is 10.1 Å². The van der Waals surface area contributed by atoms with Crippen LogP contribution in [0, 0.1) is 6.92 Å². The Morgan fingerprint density at radius 3 is 1.83 bits per heavy atom.